The van der Waals surface area contributed by atoms with Gasteiger partial charge in [0.2, 0.25) is 0 Å². The molecule has 20 heavy (non-hydrogen) atoms. The molecule has 3 aromatic rings. The first-order chi connectivity index (χ1) is 9.85. The lowest BCUT2D eigenvalue weighted by Gasteiger charge is -2.18. The SMILES string of the molecule is CCn1nccc1C(NC)c1nccc2ccccc12. The summed E-state index contributed by atoms with van der Waals surface area (Å²) < 4.78 is 2.00. The number of nitrogens with zero attached hydrogens (tertiary/aromatic N) is 3. The summed E-state index contributed by atoms with van der Waals surface area (Å²) in [6, 6.07) is 12.5. The first-order valence-corrected chi connectivity index (χ1v) is 6.87. The van der Waals surface area contributed by atoms with Crippen molar-refractivity contribution in [1.29, 1.82) is 0 Å². The van der Waals surface area contributed by atoms with Crippen LogP contribution in [0.5, 0.6) is 0 Å². The van der Waals surface area contributed by atoms with Crippen molar-refractivity contribution < 1.29 is 0 Å². The maximum atomic E-state index is 4.61. The van der Waals surface area contributed by atoms with Crippen LogP contribution in [0.4, 0.5) is 0 Å². The molecule has 0 amide bonds. The Hall–Kier alpha value is -2.20. The Bertz CT molecular complexity index is 712. The molecule has 0 saturated carbocycles. The van der Waals surface area contributed by atoms with Gasteiger partial charge in [-0.3, -0.25) is 9.67 Å². The van der Waals surface area contributed by atoms with Gasteiger partial charge in [0.05, 0.1) is 17.4 Å². The Kier molecular flexibility index (Phi) is 3.48. The number of benzene rings is 1. The molecule has 0 fully saturated rings. The number of hydrogen-bond acceptors (Lipinski definition) is 3. The number of aromatic nitrogens is 3. The van der Waals surface area contributed by atoms with Gasteiger partial charge in [0.1, 0.15) is 0 Å². The summed E-state index contributed by atoms with van der Waals surface area (Å²) in [6.45, 7) is 2.95. The highest BCUT2D eigenvalue weighted by atomic mass is 15.3. The summed E-state index contributed by atoms with van der Waals surface area (Å²) in [5, 5.41) is 10.1. The molecular formula is C16H18N4. The van der Waals surface area contributed by atoms with Crippen molar-refractivity contribution in [2.45, 2.75) is 19.5 Å². The molecule has 0 spiro atoms. The zero-order chi connectivity index (χ0) is 13.9. The van der Waals surface area contributed by atoms with Gasteiger partial charge in [-0.15, -0.1) is 0 Å². The highest BCUT2D eigenvalue weighted by molar-refractivity contribution is 5.84. The van der Waals surface area contributed by atoms with E-state index in [0.29, 0.717) is 0 Å². The number of pyridine rings is 1. The Morgan fingerprint density at radius 2 is 2.00 bits per heavy atom. The Morgan fingerprint density at radius 3 is 2.80 bits per heavy atom. The third kappa shape index (κ3) is 2.08. The van der Waals surface area contributed by atoms with E-state index < -0.39 is 0 Å². The van der Waals surface area contributed by atoms with Crippen molar-refractivity contribution in [1.82, 2.24) is 20.1 Å². The molecule has 1 aromatic carbocycles. The van der Waals surface area contributed by atoms with Crippen LogP contribution in [-0.4, -0.2) is 21.8 Å². The first-order valence-electron chi connectivity index (χ1n) is 6.87. The minimum absolute atomic E-state index is 0.0450. The fraction of sp³-hybridized carbons (Fsp3) is 0.250. The standard InChI is InChI=1S/C16H18N4/c1-3-20-14(9-11-19-20)16(17-2)15-13-7-5-4-6-12(13)8-10-18-15/h4-11,16-17H,3H2,1-2H3. The minimum atomic E-state index is 0.0450. The van der Waals surface area contributed by atoms with Gasteiger partial charge in [-0.05, 0) is 31.5 Å². The van der Waals surface area contributed by atoms with Gasteiger partial charge >= 0.3 is 0 Å². The van der Waals surface area contributed by atoms with E-state index in [1.807, 2.05) is 36.3 Å². The third-order valence-corrected chi connectivity index (χ3v) is 3.61. The van der Waals surface area contributed by atoms with Gasteiger partial charge in [0.25, 0.3) is 0 Å². The second kappa shape index (κ2) is 5.43. The lowest BCUT2D eigenvalue weighted by molar-refractivity contribution is 0.558. The summed E-state index contributed by atoms with van der Waals surface area (Å²) in [5.41, 5.74) is 2.18. The summed E-state index contributed by atoms with van der Waals surface area (Å²) in [7, 11) is 1.96. The Labute approximate surface area is 118 Å². The molecule has 1 N–H and O–H groups in total. The second-order valence-corrected chi connectivity index (χ2v) is 4.71. The van der Waals surface area contributed by atoms with Crippen LogP contribution < -0.4 is 5.32 Å². The van der Waals surface area contributed by atoms with E-state index in [4.69, 9.17) is 0 Å². The van der Waals surface area contributed by atoms with Crippen LogP contribution in [-0.2, 0) is 6.54 Å². The van der Waals surface area contributed by atoms with Gasteiger partial charge < -0.3 is 5.32 Å². The molecule has 1 unspecified atom stereocenters. The molecule has 2 heterocycles. The fourth-order valence-corrected chi connectivity index (χ4v) is 2.65. The monoisotopic (exact) mass is 266 g/mol. The normalized spacial score (nSPS) is 12.7. The quantitative estimate of drug-likeness (QED) is 0.789. The van der Waals surface area contributed by atoms with Gasteiger partial charge in [-0.2, -0.15) is 5.10 Å². The average molecular weight is 266 g/mol. The number of rotatable bonds is 4. The highest BCUT2D eigenvalue weighted by Crippen LogP contribution is 2.26. The van der Waals surface area contributed by atoms with Crippen LogP contribution in [0.3, 0.4) is 0 Å². The maximum Gasteiger partial charge on any atom is 0.0925 e. The summed E-state index contributed by atoms with van der Waals surface area (Å²) >= 11 is 0. The van der Waals surface area contributed by atoms with E-state index in [1.165, 1.54) is 10.8 Å². The van der Waals surface area contributed by atoms with Crippen LogP contribution in [0.1, 0.15) is 24.4 Å². The molecule has 1 atom stereocenters. The Morgan fingerprint density at radius 1 is 1.15 bits per heavy atom. The van der Waals surface area contributed by atoms with Crippen molar-refractivity contribution >= 4 is 10.8 Å². The zero-order valence-electron chi connectivity index (χ0n) is 11.7. The molecule has 3 rings (SSSR count). The number of hydrogen-bond donors (Lipinski definition) is 1. The van der Waals surface area contributed by atoms with E-state index in [9.17, 15) is 0 Å². The Balaban J connectivity index is 2.17. The molecule has 4 heteroatoms. The third-order valence-electron chi connectivity index (χ3n) is 3.61. The molecule has 4 nitrogen and oxygen atoms in total. The number of nitrogens with one attached hydrogen (secondary N) is 1. The molecule has 0 aliphatic heterocycles. The largest absolute Gasteiger partial charge is 0.307 e. The van der Waals surface area contributed by atoms with E-state index >= 15 is 0 Å². The van der Waals surface area contributed by atoms with Crippen molar-refractivity contribution in [3.63, 3.8) is 0 Å². The lowest BCUT2D eigenvalue weighted by atomic mass is 10.0. The van der Waals surface area contributed by atoms with Crippen molar-refractivity contribution in [2.75, 3.05) is 7.05 Å². The average Bonchev–Trinajstić information content (AvgIpc) is 2.97. The van der Waals surface area contributed by atoms with Crippen molar-refractivity contribution in [2.24, 2.45) is 0 Å². The molecular weight excluding hydrogens is 248 g/mol. The number of aryl methyl sites for hydroxylation is 1. The zero-order valence-corrected chi connectivity index (χ0v) is 11.7. The van der Waals surface area contributed by atoms with Gasteiger partial charge in [0.15, 0.2) is 0 Å². The van der Waals surface area contributed by atoms with Gasteiger partial charge in [0, 0.05) is 24.3 Å². The topological polar surface area (TPSA) is 42.7 Å². The molecule has 0 bridgehead atoms. The summed E-state index contributed by atoms with van der Waals surface area (Å²) in [5.74, 6) is 0. The highest BCUT2D eigenvalue weighted by Gasteiger charge is 2.19. The smallest absolute Gasteiger partial charge is 0.0925 e. The predicted molar refractivity (Wildman–Crippen MR) is 80.5 cm³/mol. The maximum absolute atomic E-state index is 4.61. The molecule has 0 saturated heterocycles. The molecule has 0 aliphatic carbocycles. The number of fused-ring (bicyclic) bond motifs is 1. The fourth-order valence-electron chi connectivity index (χ4n) is 2.65. The molecule has 0 radical (unpaired) electrons. The molecule has 102 valence electrons. The molecule has 0 aliphatic rings. The van der Waals surface area contributed by atoms with Gasteiger partial charge in [-0.1, -0.05) is 24.3 Å². The van der Waals surface area contributed by atoms with E-state index in [2.05, 4.69) is 46.6 Å². The van der Waals surface area contributed by atoms with Crippen LogP contribution in [0, 0.1) is 0 Å². The second-order valence-electron chi connectivity index (χ2n) is 4.71. The first kappa shape index (κ1) is 12.8. The van der Waals surface area contributed by atoms with E-state index in [1.54, 1.807) is 0 Å². The summed E-state index contributed by atoms with van der Waals surface area (Å²) in [4.78, 5) is 4.61. The predicted octanol–water partition coefficient (Wildman–Crippen LogP) is 2.76. The molecule has 2 aromatic heterocycles. The van der Waals surface area contributed by atoms with Crippen LogP contribution >= 0.6 is 0 Å². The van der Waals surface area contributed by atoms with Crippen molar-refractivity contribution in [3.05, 3.63) is 60.2 Å². The summed E-state index contributed by atoms with van der Waals surface area (Å²) in [6.07, 6.45) is 3.71. The van der Waals surface area contributed by atoms with Crippen LogP contribution in [0.25, 0.3) is 10.8 Å². The lowest BCUT2D eigenvalue weighted by Crippen LogP contribution is -2.22. The van der Waals surface area contributed by atoms with Crippen LogP contribution in [0.2, 0.25) is 0 Å². The van der Waals surface area contributed by atoms with Crippen LogP contribution in [0.15, 0.2) is 48.8 Å². The van der Waals surface area contributed by atoms with E-state index in [0.717, 1.165) is 17.9 Å². The van der Waals surface area contributed by atoms with E-state index in [-0.39, 0.29) is 6.04 Å². The van der Waals surface area contributed by atoms with Gasteiger partial charge in [-0.25, -0.2) is 0 Å². The minimum Gasteiger partial charge on any atom is -0.307 e. The van der Waals surface area contributed by atoms with Crippen molar-refractivity contribution in [3.8, 4) is 0 Å².